The van der Waals surface area contributed by atoms with Gasteiger partial charge in [-0.3, -0.25) is 4.79 Å². The number of nitrogens with one attached hydrogen (secondary N) is 1. The van der Waals surface area contributed by atoms with Crippen LogP contribution in [0.3, 0.4) is 0 Å². The molecule has 0 radical (unpaired) electrons. The van der Waals surface area contributed by atoms with E-state index in [0.717, 1.165) is 0 Å². The second-order valence-corrected chi connectivity index (χ2v) is 4.40. The smallest absolute Gasteiger partial charge is 0.337 e. The van der Waals surface area contributed by atoms with Gasteiger partial charge in [0, 0.05) is 6.07 Å². The van der Waals surface area contributed by atoms with Crippen molar-refractivity contribution < 1.29 is 27.9 Å². The van der Waals surface area contributed by atoms with E-state index in [1.165, 1.54) is 12.3 Å². The molecule has 0 fully saturated rings. The quantitative estimate of drug-likeness (QED) is 0.894. The van der Waals surface area contributed by atoms with Crippen molar-refractivity contribution in [3.05, 3.63) is 51.9 Å². The van der Waals surface area contributed by atoms with Gasteiger partial charge in [0.15, 0.2) is 16.3 Å². The van der Waals surface area contributed by atoms with Gasteiger partial charge in [-0.15, -0.1) is 0 Å². The zero-order valence-electron chi connectivity index (χ0n) is 9.62. The number of benzene rings is 1. The van der Waals surface area contributed by atoms with Crippen molar-refractivity contribution in [1.82, 2.24) is 0 Å². The number of anilines is 1. The molecule has 2 aromatic rings. The van der Waals surface area contributed by atoms with E-state index in [1.807, 2.05) is 0 Å². The molecule has 0 aliphatic heterocycles. The third-order valence-electron chi connectivity index (χ3n) is 2.40. The first kappa shape index (κ1) is 14.2. The van der Waals surface area contributed by atoms with Gasteiger partial charge >= 0.3 is 5.97 Å². The summed E-state index contributed by atoms with van der Waals surface area (Å²) < 4.78 is 31.2. The third kappa shape index (κ3) is 2.69. The first-order valence-corrected chi connectivity index (χ1v) is 5.96. The minimum absolute atomic E-state index is 0.0890. The summed E-state index contributed by atoms with van der Waals surface area (Å²) in [6.45, 7) is 0. The standard InChI is InChI=1S/C12H6BrF2NO4/c13-10-5(1-2-20-10)11(17)16-9-4-8(15)7(14)3-6(9)12(18)19/h1-4H,(H,16,17)(H,18,19). The summed E-state index contributed by atoms with van der Waals surface area (Å²) in [6.07, 6.45) is 1.24. The van der Waals surface area contributed by atoms with Gasteiger partial charge in [0.1, 0.15) is 0 Å². The van der Waals surface area contributed by atoms with Gasteiger partial charge in [0.05, 0.1) is 23.1 Å². The molecule has 0 saturated carbocycles. The van der Waals surface area contributed by atoms with E-state index >= 15 is 0 Å². The van der Waals surface area contributed by atoms with Crippen molar-refractivity contribution >= 4 is 33.5 Å². The lowest BCUT2D eigenvalue weighted by Crippen LogP contribution is -2.15. The minimum atomic E-state index is -1.49. The van der Waals surface area contributed by atoms with Crippen LogP contribution >= 0.6 is 15.9 Å². The maximum Gasteiger partial charge on any atom is 0.337 e. The van der Waals surface area contributed by atoms with Gasteiger partial charge in [-0.25, -0.2) is 13.6 Å². The molecule has 1 aromatic heterocycles. The molecular formula is C12H6BrF2NO4. The Kier molecular flexibility index (Phi) is 3.84. The zero-order valence-corrected chi connectivity index (χ0v) is 11.2. The predicted octanol–water partition coefficient (Wildman–Crippen LogP) is 3.27. The van der Waals surface area contributed by atoms with Crippen LogP contribution < -0.4 is 5.32 Å². The number of hydrogen-bond acceptors (Lipinski definition) is 3. The molecular weight excluding hydrogens is 340 g/mol. The highest BCUT2D eigenvalue weighted by Crippen LogP contribution is 2.23. The van der Waals surface area contributed by atoms with Crippen LogP contribution in [0, 0.1) is 11.6 Å². The molecule has 0 aliphatic carbocycles. The average molecular weight is 346 g/mol. The first-order valence-electron chi connectivity index (χ1n) is 5.17. The van der Waals surface area contributed by atoms with Crippen LogP contribution in [0.5, 0.6) is 0 Å². The topological polar surface area (TPSA) is 79.5 Å². The maximum atomic E-state index is 13.1. The van der Waals surface area contributed by atoms with Gasteiger partial charge in [-0.05, 0) is 28.1 Å². The van der Waals surface area contributed by atoms with Crippen molar-refractivity contribution in [2.24, 2.45) is 0 Å². The van der Waals surface area contributed by atoms with Gasteiger partial charge in [-0.2, -0.15) is 0 Å². The Morgan fingerprint density at radius 1 is 1.20 bits per heavy atom. The van der Waals surface area contributed by atoms with Crippen LogP contribution in [0.25, 0.3) is 0 Å². The summed E-state index contributed by atoms with van der Waals surface area (Å²) in [6, 6.07) is 2.43. The normalized spacial score (nSPS) is 10.3. The fourth-order valence-corrected chi connectivity index (χ4v) is 1.89. The summed E-state index contributed by atoms with van der Waals surface area (Å²) in [7, 11) is 0. The zero-order chi connectivity index (χ0) is 14.9. The summed E-state index contributed by atoms with van der Waals surface area (Å²) in [4.78, 5) is 22.8. The molecule has 0 atom stereocenters. The number of carbonyl (C=O) groups is 2. The van der Waals surface area contributed by atoms with E-state index in [9.17, 15) is 18.4 Å². The maximum absolute atomic E-state index is 13.1. The van der Waals surface area contributed by atoms with Crippen LogP contribution in [0.1, 0.15) is 20.7 Å². The highest BCUT2D eigenvalue weighted by Gasteiger charge is 2.19. The van der Waals surface area contributed by atoms with Crippen molar-refractivity contribution in [2.45, 2.75) is 0 Å². The van der Waals surface area contributed by atoms with Crippen LogP contribution in [0.4, 0.5) is 14.5 Å². The second kappa shape index (κ2) is 5.41. The van der Waals surface area contributed by atoms with Crippen molar-refractivity contribution in [3.8, 4) is 0 Å². The summed E-state index contributed by atoms with van der Waals surface area (Å²) in [5.41, 5.74) is -0.822. The lowest BCUT2D eigenvalue weighted by molar-refractivity contribution is 0.0697. The van der Waals surface area contributed by atoms with Crippen LogP contribution in [0.15, 0.2) is 33.5 Å². The first-order chi connectivity index (χ1) is 9.40. The van der Waals surface area contributed by atoms with Crippen molar-refractivity contribution in [2.75, 3.05) is 5.32 Å². The third-order valence-corrected chi connectivity index (χ3v) is 3.02. The molecule has 0 unspecified atom stereocenters. The molecule has 2 N–H and O–H groups in total. The van der Waals surface area contributed by atoms with Gasteiger partial charge < -0.3 is 14.8 Å². The van der Waals surface area contributed by atoms with Crippen molar-refractivity contribution in [3.63, 3.8) is 0 Å². The molecule has 20 heavy (non-hydrogen) atoms. The number of carboxylic acids is 1. The number of aromatic carboxylic acids is 1. The number of carbonyl (C=O) groups excluding carboxylic acids is 1. The molecule has 0 bridgehead atoms. The van der Waals surface area contributed by atoms with E-state index < -0.39 is 29.1 Å². The molecule has 1 aromatic carbocycles. The summed E-state index contributed by atoms with van der Waals surface area (Å²) in [5, 5.41) is 11.1. The van der Waals surface area contributed by atoms with E-state index in [0.29, 0.717) is 12.1 Å². The van der Waals surface area contributed by atoms with Crippen LogP contribution in [0.2, 0.25) is 0 Å². The fourth-order valence-electron chi connectivity index (χ4n) is 1.47. The number of hydrogen-bond donors (Lipinski definition) is 2. The van der Waals surface area contributed by atoms with E-state index in [2.05, 4.69) is 21.2 Å². The summed E-state index contributed by atoms with van der Waals surface area (Å²) >= 11 is 2.98. The Hall–Kier alpha value is -2.22. The highest BCUT2D eigenvalue weighted by molar-refractivity contribution is 9.10. The van der Waals surface area contributed by atoms with Gasteiger partial charge in [0.25, 0.3) is 5.91 Å². The Morgan fingerprint density at radius 3 is 2.40 bits per heavy atom. The Labute approximate surface area is 119 Å². The lowest BCUT2D eigenvalue weighted by Gasteiger charge is -2.08. The van der Waals surface area contributed by atoms with Gasteiger partial charge in [0.2, 0.25) is 0 Å². The number of furan rings is 1. The summed E-state index contributed by atoms with van der Waals surface area (Å²) in [5.74, 6) is -4.80. The highest BCUT2D eigenvalue weighted by atomic mass is 79.9. The monoisotopic (exact) mass is 345 g/mol. The number of rotatable bonds is 3. The number of amides is 1. The number of carboxylic acid groups (broad SMARTS) is 1. The predicted molar refractivity (Wildman–Crippen MR) is 67.7 cm³/mol. The Morgan fingerprint density at radius 2 is 1.85 bits per heavy atom. The number of halogens is 3. The molecule has 0 aliphatic rings. The van der Waals surface area contributed by atoms with Crippen LogP contribution in [-0.4, -0.2) is 17.0 Å². The molecule has 1 amide bonds. The second-order valence-electron chi connectivity index (χ2n) is 3.68. The van der Waals surface area contributed by atoms with E-state index in [-0.39, 0.29) is 15.9 Å². The Bertz CT molecular complexity index is 699. The molecule has 2 rings (SSSR count). The lowest BCUT2D eigenvalue weighted by atomic mass is 10.1. The Balaban J connectivity index is 2.38. The van der Waals surface area contributed by atoms with Gasteiger partial charge in [-0.1, -0.05) is 0 Å². The minimum Gasteiger partial charge on any atom is -0.478 e. The molecule has 0 spiro atoms. The largest absolute Gasteiger partial charge is 0.478 e. The fraction of sp³-hybridized carbons (Fsp3) is 0. The average Bonchev–Trinajstić information content (AvgIpc) is 2.79. The van der Waals surface area contributed by atoms with E-state index in [4.69, 9.17) is 9.52 Å². The van der Waals surface area contributed by atoms with Crippen LogP contribution in [-0.2, 0) is 0 Å². The SMILES string of the molecule is O=C(O)c1cc(F)c(F)cc1NC(=O)c1ccoc1Br. The molecule has 8 heteroatoms. The molecule has 104 valence electrons. The molecule has 1 heterocycles. The molecule has 5 nitrogen and oxygen atoms in total. The van der Waals surface area contributed by atoms with E-state index in [1.54, 1.807) is 0 Å². The van der Waals surface area contributed by atoms with Crippen molar-refractivity contribution in [1.29, 1.82) is 0 Å². The molecule has 0 saturated heterocycles.